The average molecular weight is 174 g/mol. The van der Waals surface area contributed by atoms with Crippen LogP contribution in [0.2, 0.25) is 0 Å². The number of hydrogen-bond donors (Lipinski definition) is 1. The third kappa shape index (κ3) is 1.53. The van der Waals surface area contributed by atoms with Crippen molar-refractivity contribution in [2.24, 2.45) is 0 Å². The van der Waals surface area contributed by atoms with Gasteiger partial charge in [0.25, 0.3) is 0 Å². The zero-order valence-electron chi connectivity index (χ0n) is 6.47. The second-order valence-electron chi connectivity index (χ2n) is 2.29. The Labute approximate surface area is 68.4 Å². The van der Waals surface area contributed by atoms with Crippen molar-refractivity contribution in [3.63, 3.8) is 0 Å². The molecule has 0 amide bonds. The Morgan fingerprint density at radius 1 is 1.42 bits per heavy atom. The molecule has 0 aliphatic heterocycles. The first kappa shape index (κ1) is 8.93. The number of halogens is 2. The van der Waals surface area contributed by atoms with E-state index in [9.17, 15) is 8.78 Å². The molecule has 2 nitrogen and oxygen atoms in total. The predicted octanol–water partition coefficient (Wildman–Crippen LogP) is 1.82. The van der Waals surface area contributed by atoms with Crippen LogP contribution in [0.5, 0.6) is 5.75 Å². The van der Waals surface area contributed by atoms with Crippen LogP contribution in [-0.2, 0) is 11.3 Å². The standard InChI is InChI=1S/C8H8F2O2/c1-12-4-5-6(9)2-3-7(11)8(5)10/h2-3,11H,4H2,1H3. The molecule has 4 heteroatoms. The summed E-state index contributed by atoms with van der Waals surface area (Å²) in [7, 11) is 1.32. The van der Waals surface area contributed by atoms with Gasteiger partial charge in [-0.1, -0.05) is 0 Å². The maximum Gasteiger partial charge on any atom is 0.173 e. The van der Waals surface area contributed by atoms with E-state index >= 15 is 0 Å². The van der Waals surface area contributed by atoms with Crippen molar-refractivity contribution in [1.29, 1.82) is 0 Å². The lowest BCUT2D eigenvalue weighted by Crippen LogP contribution is -1.97. The van der Waals surface area contributed by atoms with Crippen LogP contribution in [0, 0.1) is 11.6 Å². The molecule has 1 aromatic carbocycles. The summed E-state index contributed by atoms with van der Waals surface area (Å²) in [5.74, 6) is -2.24. The quantitative estimate of drug-likeness (QED) is 0.740. The Kier molecular flexibility index (Phi) is 2.60. The number of methoxy groups -OCH3 is 1. The van der Waals surface area contributed by atoms with Crippen molar-refractivity contribution >= 4 is 0 Å². The van der Waals surface area contributed by atoms with Gasteiger partial charge in [-0.3, -0.25) is 0 Å². The Balaban J connectivity index is 3.14. The Morgan fingerprint density at radius 2 is 2.08 bits per heavy atom. The van der Waals surface area contributed by atoms with Gasteiger partial charge in [0.15, 0.2) is 11.6 Å². The molecule has 1 rings (SSSR count). The van der Waals surface area contributed by atoms with Crippen LogP contribution >= 0.6 is 0 Å². The first-order chi connectivity index (χ1) is 5.66. The second-order valence-corrected chi connectivity index (χ2v) is 2.29. The molecule has 0 atom stereocenters. The molecule has 12 heavy (non-hydrogen) atoms. The van der Waals surface area contributed by atoms with Crippen molar-refractivity contribution < 1.29 is 18.6 Å². The van der Waals surface area contributed by atoms with Crippen LogP contribution in [0.25, 0.3) is 0 Å². The maximum absolute atomic E-state index is 12.9. The van der Waals surface area contributed by atoms with Gasteiger partial charge in [-0.15, -0.1) is 0 Å². The van der Waals surface area contributed by atoms with E-state index in [-0.39, 0.29) is 12.2 Å². The predicted molar refractivity (Wildman–Crippen MR) is 38.7 cm³/mol. The first-order valence-corrected chi connectivity index (χ1v) is 3.31. The third-order valence-electron chi connectivity index (χ3n) is 1.45. The second kappa shape index (κ2) is 3.49. The van der Waals surface area contributed by atoms with Crippen LogP contribution < -0.4 is 0 Å². The molecular weight excluding hydrogens is 166 g/mol. The molecule has 0 unspecified atom stereocenters. The smallest absolute Gasteiger partial charge is 0.173 e. The number of benzene rings is 1. The average Bonchev–Trinajstić information content (AvgIpc) is 2.06. The molecule has 0 bridgehead atoms. The Morgan fingerprint density at radius 3 is 2.67 bits per heavy atom. The van der Waals surface area contributed by atoms with Crippen LogP contribution in [0.15, 0.2) is 12.1 Å². The van der Waals surface area contributed by atoms with Crippen molar-refractivity contribution in [3.8, 4) is 5.75 Å². The van der Waals surface area contributed by atoms with Gasteiger partial charge in [0, 0.05) is 7.11 Å². The van der Waals surface area contributed by atoms with Gasteiger partial charge in [-0.05, 0) is 12.1 Å². The van der Waals surface area contributed by atoms with Gasteiger partial charge in [-0.2, -0.15) is 0 Å². The van der Waals surface area contributed by atoms with E-state index in [4.69, 9.17) is 5.11 Å². The fourth-order valence-corrected chi connectivity index (χ4v) is 0.862. The normalized spacial score (nSPS) is 10.2. The fraction of sp³-hybridized carbons (Fsp3) is 0.250. The molecule has 1 aromatic rings. The van der Waals surface area contributed by atoms with Gasteiger partial charge in [-0.25, -0.2) is 8.78 Å². The summed E-state index contributed by atoms with van der Waals surface area (Å²) >= 11 is 0. The van der Waals surface area contributed by atoms with E-state index in [0.717, 1.165) is 12.1 Å². The molecule has 0 saturated carbocycles. The number of phenols is 1. The van der Waals surface area contributed by atoms with Crippen molar-refractivity contribution in [2.75, 3.05) is 7.11 Å². The molecule has 0 aromatic heterocycles. The highest BCUT2D eigenvalue weighted by atomic mass is 19.1. The summed E-state index contributed by atoms with van der Waals surface area (Å²) in [6.45, 7) is -0.188. The minimum atomic E-state index is -0.961. The summed E-state index contributed by atoms with van der Waals surface area (Å²) in [5.41, 5.74) is -0.252. The van der Waals surface area contributed by atoms with Crippen LogP contribution in [0.3, 0.4) is 0 Å². The van der Waals surface area contributed by atoms with Crippen molar-refractivity contribution in [1.82, 2.24) is 0 Å². The molecule has 0 aliphatic rings. The van der Waals surface area contributed by atoms with Crippen LogP contribution in [0.1, 0.15) is 5.56 Å². The zero-order chi connectivity index (χ0) is 9.14. The number of phenolic OH excluding ortho intramolecular Hbond substituents is 1. The van der Waals surface area contributed by atoms with E-state index < -0.39 is 17.4 Å². The van der Waals surface area contributed by atoms with Gasteiger partial charge in [0.1, 0.15) is 5.82 Å². The van der Waals surface area contributed by atoms with Crippen LogP contribution in [-0.4, -0.2) is 12.2 Å². The highest BCUT2D eigenvalue weighted by Gasteiger charge is 2.11. The molecule has 0 aliphatic carbocycles. The van der Waals surface area contributed by atoms with Gasteiger partial charge < -0.3 is 9.84 Å². The SMILES string of the molecule is COCc1c(F)ccc(O)c1F. The monoisotopic (exact) mass is 174 g/mol. The van der Waals surface area contributed by atoms with E-state index in [1.807, 2.05) is 0 Å². The minimum absolute atomic E-state index is 0.188. The van der Waals surface area contributed by atoms with Gasteiger partial charge in [0.2, 0.25) is 0 Å². The van der Waals surface area contributed by atoms with Crippen molar-refractivity contribution in [2.45, 2.75) is 6.61 Å². The van der Waals surface area contributed by atoms with Crippen LogP contribution in [0.4, 0.5) is 8.78 Å². The fourth-order valence-electron chi connectivity index (χ4n) is 0.862. The lowest BCUT2D eigenvalue weighted by atomic mass is 10.2. The summed E-state index contributed by atoms with van der Waals surface area (Å²) < 4.78 is 30.2. The topological polar surface area (TPSA) is 29.5 Å². The third-order valence-corrected chi connectivity index (χ3v) is 1.45. The first-order valence-electron chi connectivity index (χ1n) is 3.31. The summed E-state index contributed by atoms with van der Waals surface area (Å²) in [4.78, 5) is 0. The van der Waals surface area contributed by atoms with Gasteiger partial charge in [0.05, 0.1) is 12.2 Å². The van der Waals surface area contributed by atoms with E-state index in [1.165, 1.54) is 7.11 Å². The Bertz CT molecular complexity index is 287. The minimum Gasteiger partial charge on any atom is -0.505 e. The van der Waals surface area contributed by atoms with E-state index in [0.29, 0.717) is 0 Å². The molecule has 66 valence electrons. The summed E-state index contributed by atoms with van der Waals surface area (Å²) in [6.07, 6.45) is 0. The molecule has 1 N–H and O–H groups in total. The largest absolute Gasteiger partial charge is 0.505 e. The molecule has 0 spiro atoms. The highest BCUT2D eigenvalue weighted by molar-refractivity contribution is 5.30. The molecule has 0 heterocycles. The lowest BCUT2D eigenvalue weighted by molar-refractivity contribution is 0.176. The maximum atomic E-state index is 12.9. The van der Waals surface area contributed by atoms with Gasteiger partial charge >= 0.3 is 0 Å². The summed E-state index contributed by atoms with van der Waals surface area (Å²) in [5, 5.41) is 8.85. The number of rotatable bonds is 2. The summed E-state index contributed by atoms with van der Waals surface area (Å²) in [6, 6.07) is 1.95. The zero-order valence-corrected chi connectivity index (χ0v) is 6.47. The van der Waals surface area contributed by atoms with E-state index in [2.05, 4.69) is 4.74 Å². The Hall–Kier alpha value is -1.16. The number of hydrogen-bond acceptors (Lipinski definition) is 2. The molecule has 0 fully saturated rings. The molecule has 0 saturated heterocycles. The van der Waals surface area contributed by atoms with Crippen molar-refractivity contribution in [3.05, 3.63) is 29.3 Å². The highest BCUT2D eigenvalue weighted by Crippen LogP contribution is 2.21. The number of ether oxygens (including phenoxy) is 1. The lowest BCUT2D eigenvalue weighted by Gasteiger charge is -2.04. The molecular formula is C8H8F2O2. The number of aromatic hydroxyl groups is 1. The van der Waals surface area contributed by atoms with E-state index in [1.54, 1.807) is 0 Å². The molecule has 0 radical (unpaired) electrons.